The highest BCUT2D eigenvalue weighted by atomic mass is 19.1. The van der Waals surface area contributed by atoms with Crippen molar-refractivity contribution in [1.29, 1.82) is 0 Å². The summed E-state index contributed by atoms with van der Waals surface area (Å²) in [5, 5.41) is 0. The summed E-state index contributed by atoms with van der Waals surface area (Å²) in [7, 11) is 0. The quantitative estimate of drug-likeness (QED) is 0.159. The van der Waals surface area contributed by atoms with E-state index in [4.69, 9.17) is 4.74 Å². The van der Waals surface area contributed by atoms with Crippen LogP contribution < -0.4 is 4.74 Å². The molecule has 0 radical (unpaired) electrons. The van der Waals surface area contributed by atoms with Crippen LogP contribution in [-0.4, -0.2) is 28.9 Å². The first kappa shape index (κ1) is 30.2. The Morgan fingerprint density at radius 2 is 1.22 bits per heavy atom. The molecular weight excluding hydrogens is 454 g/mol. The Hall–Kier alpha value is -2.04. The number of alkyl halides is 2. The lowest BCUT2D eigenvalue weighted by molar-refractivity contribution is 0.212. The van der Waals surface area contributed by atoms with E-state index in [1.807, 2.05) is 0 Å². The molecule has 0 spiro atoms. The van der Waals surface area contributed by atoms with Gasteiger partial charge < -0.3 is 4.74 Å². The Balaban J connectivity index is 1.61. The molecule has 2 aromatic rings. The second kappa shape index (κ2) is 19.1. The second-order valence-corrected chi connectivity index (χ2v) is 10.1. The average molecular weight is 503 g/mol. The van der Waals surface area contributed by atoms with Gasteiger partial charge in [0.2, 0.25) is 0 Å². The van der Waals surface area contributed by atoms with E-state index in [1.165, 1.54) is 50.5 Å². The number of nitrogens with zero attached hydrogens (tertiary/aromatic N) is 2. The van der Waals surface area contributed by atoms with Crippen molar-refractivity contribution >= 4 is 0 Å². The van der Waals surface area contributed by atoms with Crippen LogP contribution >= 0.6 is 0 Å². The number of benzene rings is 1. The molecule has 3 nitrogen and oxygen atoms in total. The first-order chi connectivity index (χ1) is 17.6. The zero-order valence-electron chi connectivity index (χ0n) is 22.7. The van der Waals surface area contributed by atoms with Gasteiger partial charge in [0, 0.05) is 12.0 Å². The Bertz CT molecular complexity index is 782. The zero-order valence-corrected chi connectivity index (χ0v) is 22.7. The molecule has 0 aliphatic carbocycles. The highest BCUT2D eigenvalue weighted by Gasteiger charge is 2.11. The number of hydrogen-bond acceptors (Lipinski definition) is 3. The standard InChI is InChI=1S/C31H48F2N2O/c1-3-5-7-8-9-10-12-14-26-18-20-27(21-19-26)31-34-24-30(25-35-31)36-23-22-29(33)17-13-16-28(32)15-11-6-4-2/h18-21,24-25,28-29H,3-17,22-23H2,1-2H3. The predicted octanol–water partition coefficient (Wildman–Crippen LogP) is 9.63. The lowest BCUT2D eigenvalue weighted by Gasteiger charge is -2.11. The highest BCUT2D eigenvalue weighted by molar-refractivity contribution is 5.55. The summed E-state index contributed by atoms with van der Waals surface area (Å²) < 4.78 is 33.5. The topological polar surface area (TPSA) is 35.0 Å². The average Bonchev–Trinajstić information content (AvgIpc) is 2.89. The molecule has 2 atom stereocenters. The SMILES string of the molecule is CCCCCCCCCc1ccc(-c2ncc(OCCC(F)CCCC(F)CCCCC)cn2)cc1. The van der Waals surface area contributed by atoms with E-state index in [0.717, 1.165) is 31.2 Å². The largest absolute Gasteiger partial charge is 0.490 e. The van der Waals surface area contributed by atoms with Crippen LogP contribution in [0.4, 0.5) is 8.78 Å². The Kier molecular flexibility index (Phi) is 16.0. The van der Waals surface area contributed by atoms with E-state index >= 15 is 0 Å². The summed E-state index contributed by atoms with van der Waals surface area (Å²) in [6, 6.07) is 8.48. The summed E-state index contributed by atoms with van der Waals surface area (Å²) in [5.41, 5.74) is 2.33. The van der Waals surface area contributed by atoms with E-state index in [0.29, 0.717) is 43.7 Å². The number of aryl methyl sites for hydroxylation is 1. The molecule has 0 saturated heterocycles. The van der Waals surface area contributed by atoms with Crippen LogP contribution in [0, 0.1) is 0 Å². The normalized spacial score (nSPS) is 13.0. The van der Waals surface area contributed by atoms with Crippen molar-refractivity contribution in [2.24, 2.45) is 0 Å². The van der Waals surface area contributed by atoms with Gasteiger partial charge in [0.25, 0.3) is 0 Å². The third kappa shape index (κ3) is 13.3. The van der Waals surface area contributed by atoms with Gasteiger partial charge >= 0.3 is 0 Å². The highest BCUT2D eigenvalue weighted by Crippen LogP contribution is 2.20. The van der Waals surface area contributed by atoms with E-state index in [-0.39, 0.29) is 6.61 Å². The fourth-order valence-corrected chi connectivity index (χ4v) is 4.42. The number of halogens is 2. The molecule has 2 rings (SSSR count). The van der Waals surface area contributed by atoms with Gasteiger partial charge in [0.05, 0.1) is 19.0 Å². The van der Waals surface area contributed by atoms with Gasteiger partial charge in [-0.3, -0.25) is 0 Å². The lowest BCUT2D eigenvalue weighted by Crippen LogP contribution is -2.09. The Morgan fingerprint density at radius 1 is 0.667 bits per heavy atom. The lowest BCUT2D eigenvalue weighted by atomic mass is 10.0. The molecule has 1 aromatic carbocycles. The molecule has 1 heterocycles. The van der Waals surface area contributed by atoms with E-state index in [1.54, 1.807) is 12.4 Å². The summed E-state index contributed by atoms with van der Waals surface area (Å²) >= 11 is 0. The van der Waals surface area contributed by atoms with Gasteiger partial charge in [0.1, 0.15) is 12.3 Å². The molecule has 0 N–H and O–H groups in total. The molecule has 36 heavy (non-hydrogen) atoms. The van der Waals surface area contributed by atoms with E-state index in [9.17, 15) is 8.78 Å². The van der Waals surface area contributed by atoms with Gasteiger partial charge in [0.15, 0.2) is 11.6 Å². The molecule has 0 amide bonds. The predicted molar refractivity (Wildman–Crippen MR) is 147 cm³/mol. The molecule has 1 aromatic heterocycles. The van der Waals surface area contributed by atoms with E-state index < -0.39 is 12.3 Å². The van der Waals surface area contributed by atoms with Gasteiger partial charge in [-0.25, -0.2) is 18.7 Å². The van der Waals surface area contributed by atoms with Crippen molar-refractivity contribution < 1.29 is 13.5 Å². The molecular formula is C31H48F2N2O. The van der Waals surface area contributed by atoms with Gasteiger partial charge in [-0.05, 0) is 44.1 Å². The van der Waals surface area contributed by atoms with Crippen molar-refractivity contribution in [3.8, 4) is 17.1 Å². The Labute approximate surface area is 218 Å². The van der Waals surface area contributed by atoms with Crippen LogP contribution in [0.15, 0.2) is 36.7 Å². The maximum Gasteiger partial charge on any atom is 0.159 e. The molecule has 2 unspecified atom stereocenters. The fourth-order valence-electron chi connectivity index (χ4n) is 4.42. The van der Waals surface area contributed by atoms with Crippen LogP contribution in [0.1, 0.15) is 116 Å². The minimum absolute atomic E-state index is 0.271. The van der Waals surface area contributed by atoms with Crippen LogP contribution in [0.3, 0.4) is 0 Å². The van der Waals surface area contributed by atoms with Crippen molar-refractivity contribution in [2.45, 2.75) is 129 Å². The van der Waals surface area contributed by atoms with Crippen molar-refractivity contribution in [1.82, 2.24) is 9.97 Å². The van der Waals surface area contributed by atoms with Crippen molar-refractivity contribution in [3.63, 3.8) is 0 Å². The molecule has 0 aliphatic heterocycles. The maximum atomic E-state index is 14.1. The number of aromatic nitrogens is 2. The molecule has 202 valence electrons. The van der Waals surface area contributed by atoms with Crippen molar-refractivity contribution in [3.05, 3.63) is 42.2 Å². The molecule has 0 saturated carbocycles. The van der Waals surface area contributed by atoms with Crippen LogP contribution in [-0.2, 0) is 6.42 Å². The first-order valence-electron chi connectivity index (χ1n) is 14.4. The first-order valence-corrected chi connectivity index (χ1v) is 14.4. The van der Waals surface area contributed by atoms with Gasteiger partial charge in [-0.15, -0.1) is 0 Å². The minimum Gasteiger partial charge on any atom is -0.490 e. The third-order valence-electron chi connectivity index (χ3n) is 6.76. The number of unbranched alkanes of at least 4 members (excludes halogenated alkanes) is 8. The molecule has 0 aliphatic rings. The zero-order chi connectivity index (χ0) is 25.8. The van der Waals surface area contributed by atoms with Crippen molar-refractivity contribution in [2.75, 3.05) is 6.61 Å². The number of rotatable bonds is 21. The van der Waals surface area contributed by atoms with Gasteiger partial charge in [-0.2, -0.15) is 0 Å². The van der Waals surface area contributed by atoms with Crippen LogP contribution in [0.25, 0.3) is 11.4 Å². The van der Waals surface area contributed by atoms with E-state index in [2.05, 4.69) is 48.1 Å². The third-order valence-corrected chi connectivity index (χ3v) is 6.76. The minimum atomic E-state index is -0.965. The fraction of sp³-hybridized carbons (Fsp3) is 0.677. The smallest absolute Gasteiger partial charge is 0.159 e. The number of hydrogen-bond donors (Lipinski definition) is 0. The van der Waals surface area contributed by atoms with Crippen LogP contribution in [0.5, 0.6) is 5.75 Å². The molecule has 5 heteroatoms. The molecule has 0 fully saturated rings. The summed E-state index contributed by atoms with van der Waals surface area (Å²) in [6.07, 6.45) is 17.3. The van der Waals surface area contributed by atoms with Crippen LogP contribution in [0.2, 0.25) is 0 Å². The summed E-state index contributed by atoms with van der Waals surface area (Å²) in [6.45, 7) is 4.64. The second-order valence-electron chi connectivity index (χ2n) is 10.1. The number of ether oxygens (including phenoxy) is 1. The summed E-state index contributed by atoms with van der Waals surface area (Å²) in [5.74, 6) is 1.20. The molecule has 0 bridgehead atoms. The summed E-state index contributed by atoms with van der Waals surface area (Å²) in [4.78, 5) is 8.83. The Morgan fingerprint density at radius 3 is 1.89 bits per heavy atom. The monoisotopic (exact) mass is 502 g/mol. The van der Waals surface area contributed by atoms with Gasteiger partial charge in [-0.1, -0.05) is 95.9 Å². The maximum absolute atomic E-state index is 14.1.